The summed E-state index contributed by atoms with van der Waals surface area (Å²) in [4.78, 5) is 28.0. The second-order valence-corrected chi connectivity index (χ2v) is 5.98. The molecule has 25 heavy (non-hydrogen) atoms. The van der Waals surface area contributed by atoms with Gasteiger partial charge in [0, 0.05) is 30.9 Å². The van der Waals surface area contributed by atoms with Crippen molar-refractivity contribution in [2.45, 2.75) is 18.8 Å². The standard InChI is InChI=1S/C18H18F2N2O3/c1-25-15-9-16(23)21-10-12(15)18(24)22-7-5-11(6-8-22)17-13(19)3-2-4-14(17)20/h2-4,9-11H,5-8H2,1H3,(H,21,23). The maximum atomic E-state index is 13.9. The Kier molecular flexibility index (Phi) is 4.83. The first-order valence-corrected chi connectivity index (χ1v) is 8.01. The molecule has 0 atom stereocenters. The second kappa shape index (κ2) is 7.04. The van der Waals surface area contributed by atoms with Crippen molar-refractivity contribution in [3.63, 3.8) is 0 Å². The van der Waals surface area contributed by atoms with Crippen molar-refractivity contribution in [2.75, 3.05) is 20.2 Å². The highest BCUT2D eigenvalue weighted by Crippen LogP contribution is 2.32. The fourth-order valence-electron chi connectivity index (χ4n) is 3.23. The summed E-state index contributed by atoms with van der Waals surface area (Å²) in [6.45, 7) is 0.749. The fraction of sp³-hybridized carbons (Fsp3) is 0.333. The lowest BCUT2D eigenvalue weighted by Gasteiger charge is -2.32. The van der Waals surface area contributed by atoms with Gasteiger partial charge < -0.3 is 14.6 Å². The van der Waals surface area contributed by atoms with Gasteiger partial charge in [0.1, 0.15) is 17.4 Å². The van der Waals surface area contributed by atoms with Gasteiger partial charge in [-0.1, -0.05) is 6.07 Å². The van der Waals surface area contributed by atoms with E-state index in [0.717, 1.165) is 0 Å². The van der Waals surface area contributed by atoms with Crippen LogP contribution in [0.4, 0.5) is 8.78 Å². The van der Waals surface area contributed by atoms with Crippen LogP contribution < -0.4 is 10.3 Å². The molecule has 2 heterocycles. The molecule has 0 radical (unpaired) electrons. The number of aromatic amines is 1. The molecule has 5 nitrogen and oxygen atoms in total. The van der Waals surface area contributed by atoms with Gasteiger partial charge in [-0.15, -0.1) is 0 Å². The molecule has 1 amide bonds. The smallest absolute Gasteiger partial charge is 0.259 e. The van der Waals surface area contributed by atoms with E-state index in [-0.39, 0.29) is 34.3 Å². The van der Waals surface area contributed by atoms with Crippen molar-refractivity contribution in [1.29, 1.82) is 0 Å². The van der Waals surface area contributed by atoms with E-state index in [9.17, 15) is 18.4 Å². The Morgan fingerprint density at radius 2 is 1.88 bits per heavy atom. The van der Waals surface area contributed by atoms with E-state index in [4.69, 9.17) is 4.74 Å². The van der Waals surface area contributed by atoms with Crippen LogP contribution in [0, 0.1) is 11.6 Å². The number of nitrogens with one attached hydrogen (secondary N) is 1. The molecule has 1 aromatic heterocycles. The predicted octanol–water partition coefficient (Wildman–Crippen LogP) is 2.68. The molecule has 0 bridgehead atoms. The number of pyridine rings is 1. The van der Waals surface area contributed by atoms with Crippen LogP contribution in [0.15, 0.2) is 35.3 Å². The van der Waals surface area contributed by atoms with E-state index in [0.29, 0.717) is 25.9 Å². The highest BCUT2D eigenvalue weighted by Gasteiger charge is 2.29. The van der Waals surface area contributed by atoms with Gasteiger partial charge in [0.05, 0.1) is 12.7 Å². The van der Waals surface area contributed by atoms with Gasteiger partial charge in [-0.2, -0.15) is 0 Å². The summed E-state index contributed by atoms with van der Waals surface area (Å²) in [5, 5.41) is 0. The van der Waals surface area contributed by atoms with Crippen LogP contribution in [0.3, 0.4) is 0 Å². The van der Waals surface area contributed by atoms with E-state index in [1.807, 2.05) is 0 Å². The molecule has 7 heteroatoms. The molecule has 1 aliphatic heterocycles. The maximum Gasteiger partial charge on any atom is 0.259 e. The molecule has 0 aliphatic carbocycles. The molecule has 1 aromatic carbocycles. The predicted molar refractivity (Wildman–Crippen MR) is 87.9 cm³/mol. The third-order valence-electron chi connectivity index (χ3n) is 4.53. The second-order valence-electron chi connectivity index (χ2n) is 5.98. The Balaban J connectivity index is 1.74. The summed E-state index contributed by atoms with van der Waals surface area (Å²) in [7, 11) is 1.39. The summed E-state index contributed by atoms with van der Waals surface area (Å²) >= 11 is 0. The number of carbonyl (C=O) groups is 1. The number of likely N-dealkylation sites (tertiary alicyclic amines) is 1. The first-order valence-electron chi connectivity index (χ1n) is 8.01. The highest BCUT2D eigenvalue weighted by molar-refractivity contribution is 5.96. The summed E-state index contributed by atoms with van der Waals surface area (Å²) in [6.07, 6.45) is 2.26. The quantitative estimate of drug-likeness (QED) is 0.928. The largest absolute Gasteiger partial charge is 0.496 e. The van der Waals surface area contributed by atoms with E-state index in [1.54, 1.807) is 4.90 Å². The number of carbonyl (C=O) groups excluding carboxylic acids is 1. The van der Waals surface area contributed by atoms with Crippen LogP contribution in [-0.4, -0.2) is 36.0 Å². The number of methoxy groups -OCH3 is 1. The number of hydrogen-bond donors (Lipinski definition) is 1. The van der Waals surface area contributed by atoms with Crippen LogP contribution >= 0.6 is 0 Å². The van der Waals surface area contributed by atoms with E-state index in [1.165, 1.54) is 37.6 Å². The number of aromatic nitrogens is 1. The Morgan fingerprint density at radius 3 is 2.48 bits per heavy atom. The summed E-state index contributed by atoms with van der Waals surface area (Å²) in [5.41, 5.74) is -0.00372. The molecule has 1 N–H and O–H groups in total. The SMILES string of the molecule is COc1cc(=O)[nH]cc1C(=O)N1CCC(c2c(F)cccc2F)CC1. The van der Waals surface area contributed by atoms with Crippen molar-refractivity contribution in [3.05, 3.63) is 63.6 Å². The normalized spacial score (nSPS) is 15.2. The van der Waals surface area contributed by atoms with Gasteiger partial charge in [-0.3, -0.25) is 9.59 Å². The number of ether oxygens (including phenoxy) is 1. The number of halogens is 2. The zero-order chi connectivity index (χ0) is 18.0. The third kappa shape index (κ3) is 3.40. The van der Waals surface area contributed by atoms with E-state index in [2.05, 4.69) is 4.98 Å². The number of piperidine rings is 1. The lowest BCUT2D eigenvalue weighted by molar-refractivity contribution is 0.0708. The molecule has 0 saturated carbocycles. The molecule has 1 aliphatic rings. The fourth-order valence-corrected chi connectivity index (χ4v) is 3.23. The van der Waals surface area contributed by atoms with Crippen LogP contribution in [0.1, 0.15) is 34.7 Å². The highest BCUT2D eigenvalue weighted by atomic mass is 19.1. The number of nitrogens with zero attached hydrogens (tertiary/aromatic N) is 1. The lowest BCUT2D eigenvalue weighted by Crippen LogP contribution is -2.38. The van der Waals surface area contributed by atoms with Gasteiger partial charge in [0.25, 0.3) is 11.5 Å². The zero-order valence-electron chi connectivity index (χ0n) is 13.7. The average molecular weight is 348 g/mol. The monoisotopic (exact) mass is 348 g/mol. The van der Waals surface area contributed by atoms with Crippen LogP contribution in [0.25, 0.3) is 0 Å². The molecule has 132 valence electrons. The topological polar surface area (TPSA) is 62.4 Å². The van der Waals surface area contributed by atoms with Gasteiger partial charge in [-0.05, 0) is 30.9 Å². The molecule has 2 aromatic rings. The Labute approximate surface area is 143 Å². The molecular formula is C18H18F2N2O3. The van der Waals surface area contributed by atoms with Crippen molar-refractivity contribution >= 4 is 5.91 Å². The maximum absolute atomic E-state index is 13.9. The third-order valence-corrected chi connectivity index (χ3v) is 4.53. The van der Waals surface area contributed by atoms with Crippen LogP contribution in [0.5, 0.6) is 5.75 Å². The van der Waals surface area contributed by atoms with Gasteiger partial charge >= 0.3 is 0 Å². The molecule has 1 fully saturated rings. The number of amides is 1. The zero-order valence-corrected chi connectivity index (χ0v) is 13.7. The Hall–Kier alpha value is -2.70. The van der Waals surface area contributed by atoms with Crippen molar-refractivity contribution < 1.29 is 18.3 Å². The van der Waals surface area contributed by atoms with E-state index < -0.39 is 11.6 Å². The van der Waals surface area contributed by atoms with Crippen LogP contribution in [0.2, 0.25) is 0 Å². The van der Waals surface area contributed by atoms with Crippen molar-refractivity contribution in [3.8, 4) is 5.75 Å². The average Bonchev–Trinajstić information content (AvgIpc) is 2.61. The Bertz CT molecular complexity index is 822. The number of H-pyrrole nitrogens is 1. The van der Waals surface area contributed by atoms with Crippen molar-refractivity contribution in [1.82, 2.24) is 9.88 Å². The van der Waals surface area contributed by atoms with E-state index >= 15 is 0 Å². The summed E-state index contributed by atoms with van der Waals surface area (Å²) in [5.74, 6) is -1.43. The first-order chi connectivity index (χ1) is 12.0. The molecule has 1 saturated heterocycles. The minimum atomic E-state index is -0.549. The molecular weight excluding hydrogens is 330 g/mol. The van der Waals surface area contributed by atoms with Gasteiger partial charge in [0.15, 0.2) is 0 Å². The van der Waals surface area contributed by atoms with Crippen LogP contribution in [-0.2, 0) is 0 Å². The minimum Gasteiger partial charge on any atom is -0.496 e. The molecule has 0 spiro atoms. The van der Waals surface area contributed by atoms with Crippen molar-refractivity contribution in [2.24, 2.45) is 0 Å². The molecule has 0 unspecified atom stereocenters. The number of hydrogen-bond acceptors (Lipinski definition) is 3. The van der Waals surface area contributed by atoms with Gasteiger partial charge in [-0.25, -0.2) is 8.78 Å². The van der Waals surface area contributed by atoms with Gasteiger partial charge in [0.2, 0.25) is 0 Å². The molecule has 3 rings (SSSR count). The number of benzene rings is 1. The summed E-state index contributed by atoms with van der Waals surface area (Å²) in [6, 6.07) is 5.06. The first kappa shape index (κ1) is 17.1. The number of rotatable bonds is 3. The minimum absolute atomic E-state index is 0.0937. The lowest BCUT2D eigenvalue weighted by atomic mass is 9.88. The Morgan fingerprint density at radius 1 is 1.24 bits per heavy atom. The summed E-state index contributed by atoms with van der Waals surface area (Å²) < 4.78 is 32.9.